The van der Waals surface area contributed by atoms with Crippen LogP contribution in [-0.4, -0.2) is 84.2 Å². The van der Waals surface area contributed by atoms with Gasteiger partial charge in [0.2, 0.25) is 11.8 Å². The Bertz CT molecular complexity index is 1360. The molecule has 42 heavy (non-hydrogen) atoms. The Hall–Kier alpha value is -3.39. The Morgan fingerprint density at radius 3 is 2.38 bits per heavy atom. The van der Waals surface area contributed by atoms with Crippen molar-refractivity contribution in [3.63, 3.8) is 0 Å². The summed E-state index contributed by atoms with van der Waals surface area (Å²) in [6, 6.07) is 7.43. The molecule has 3 aliphatic heterocycles. The molecule has 2 fully saturated rings. The first-order valence-electron chi connectivity index (χ1n) is 13.6. The lowest BCUT2D eigenvalue weighted by Crippen LogP contribution is -2.62. The van der Waals surface area contributed by atoms with Crippen LogP contribution in [0.1, 0.15) is 52.1 Å². The van der Waals surface area contributed by atoms with Gasteiger partial charge < -0.3 is 19.5 Å². The van der Waals surface area contributed by atoms with Crippen molar-refractivity contribution in [3.05, 3.63) is 64.5 Å². The molecule has 4 heterocycles. The maximum absolute atomic E-state index is 13.2. The summed E-state index contributed by atoms with van der Waals surface area (Å²) < 4.78 is 50.2. The number of likely N-dealkylation sites (tertiary alicyclic amines) is 1. The summed E-state index contributed by atoms with van der Waals surface area (Å²) in [5.74, 6) is -1.26. The number of methoxy groups -OCH3 is 2. The van der Waals surface area contributed by atoms with Crippen molar-refractivity contribution in [3.8, 4) is 0 Å². The van der Waals surface area contributed by atoms with Gasteiger partial charge in [-0.2, -0.15) is 13.2 Å². The van der Waals surface area contributed by atoms with E-state index in [4.69, 9.17) is 14.5 Å². The number of imide groups is 1. The number of halogens is 3. The van der Waals surface area contributed by atoms with Gasteiger partial charge in [-0.1, -0.05) is 12.1 Å². The van der Waals surface area contributed by atoms with Gasteiger partial charge in [0.25, 0.3) is 5.91 Å². The van der Waals surface area contributed by atoms with Crippen LogP contribution in [0.25, 0.3) is 0 Å². The van der Waals surface area contributed by atoms with E-state index in [0.717, 1.165) is 12.1 Å². The molecule has 226 valence electrons. The molecule has 3 amide bonds. The van der Waals surface area contributed by atoms with Crippen molar-refractivity contribution in [1.82, 2.24) is 20.1 Å². The maximum atomic E-state index is 13.2. The van der Waals surface area contributed by atoms with Gasteiger partial charge in [0.05, 0.1) is 47.7 Å². The van der Waals surface area contributed by atoms with Gasteiger partial charge in [0.1, 0.15) is 11.6 Å². The first-order valence-corrected chi connectivity index (χ1v) is 13.6. The number of fused-ring (bicyclic) bond motifs is 1. The van der Waals surface area contributed by atoms with Gasteiger partial charge in [0, 0.05) is 40.3 Å². The molecule has 0 spiro atoms. The molecule has 1 aromatic carbocycles. The number of piperidine rings is 2. The first kappa shape index (κ1) is 30.1. The van der Waals surface area contributed by atoms with Gasteiger partial charge in [0.15, 0.2) is 0 Å². The van der Waals surface area contributed by atoms with Crippen molar-refractivity contribution in [1.29, 1.82) is 0 Å². The number of ether oxygens (including phenoxy) is 2. The molecule has 0 aliphatic carbocycles. The Kier molecular flexibility index (Phi) is 8.14. The van der Waals surface area contributed by atoms with Crippen LogP contribution in [0, 0.1) is 5.41 Å². The van der Waals surface area contributed by atoms with Crippen molar-refractivity contribution in [2.75, 3.05) is 40.5 Å². The number of aromatic nitrogens is 1. The molecule has 0 radical (unpaired) electrons. The number of pyridine rings is 1. The van der Waals surface area contributed by atoms with E-state index in [2.05, 4.69) is 5.32 Å². The number of amides is 3. The normalized spacial score (nSPS) is 24.6. The fourth-order valence-corrected chi connectivity index (χ4v) is 6.41. The van der Waals surface area contributed by atoms with Crippen LogP contribution >= 0.6 is 0 Å². The van der Waals surface area contributed by atoms with Gasteiger partial charge in [-0.15, -0.1) is 0 Å². The van der Waals surface area contributed by atoms with E-state index >= 15 is 0 Å². The molecular formula is C29H33F3N4O6. The highest BCUT2D eigenvalue weighted by molar-refractivity contribution is 6.05. The average Bonchev–Trinajstić information content (AvgIpc) is 3.26. The van der Waals surface area contributed by atoms with E-state index < -0.39 is 34.7 Å². The van der Waals surface area contributed by atoms with Crippen molar-refractivity contribution < 1.29 is 42.1 Å². The van der Waals surface area contributed by atoms with Crippen LogP contribution in [0.2, 0.25) is 0 Å². The van der Waals surface area contributed by atoms with E-state index in [1.165, 1.54) is 31.3 Å². The molecule has 2 saturated heterocycles. The molecule has 13 heteroatoms. The lowest BCUT2D eigenvalue weighted by molar-refractivity contribution is -0.191. The molecule has 0 bridgehead atoms. The van der Waals surface area contributed by atoms with Crippen molar-refractivity contribution in [2.24, 2.45) is 5.41 Å². The summed E-state index contributed by atoms with van der Waals surface area (Å²) in [4.78, 5) is 45.4. The molecule has 0 saturated carbocycles. The minimum Gasteiger partial charge on any atom is -0.384 e. The summed E-state index contributed by atoms with van der Waals surface area (Å²) in [5, 5.41) is 14.6. The van der Waals surface area contributed by atoms with E-state index in [0.29, 0.717) is 42.1 Å². The van der Waals surface area contributed by atoms with Crippen LogP contribution in [0.4, 0.5) is 13.2 Å². The molecule has 1 aromatic heterocycles. The van der Waals surface area contributed by atoms with Crippen LogP contribution in [0.15, 0.2) is 36.4 Å². The number of hydrogen-bond donors (Lipinski definition) is 2. The van der Waals surface area contributed by atoms with Gasteiger partial charge in [-0.25, -0.2) is 0 Å². The topological polar surface area (TPSA) is 121 Å². The standard InChI is InChI=1S/C29H33F3N4O6/c1-41-16-27(17-42-2)15-35(13-18-3-5-19(6-4-18)29(30,31)32)12-11-28(27,40)23-9-7-20-21(33-23)14-36(26(20)39)22-8-10-24(37)34-25(22)38/h3-7,9,22,40H,8,10-17H2,1-2H3,(H,34,37,38). The summed E-state index contributed by atoms with van der Waals surface area (Å²) >= 11 is 0. The zero-order chi connectivity index (χ0) is 30.3. The van der Waals surface area contributed by atoms with Crippen LogP contribution in [0.3, 0.4) is 0 Å². The first-order chi connectivity index (χ1) is 19.9. The minimum absolute atomic E-state index is 0.0615. The van der Waals surface area contributed by atoms with Crippen molar-refractivity contribution >= 4 is 17.7 Å². The highest BCUT2D eigenvalue weighted by atomic mass is 19.4. The second kappa shape index (κ2) is 11.4. The third-order valence-corrected chi connectivity index (χ3v) is 8.52. The number of carbonyl (C=O) groups excluding carboxylic acids is 3. The largest absolute Gasteiger partial charge is 0.416 e. The molecule has 10 nitrogen and oxygen atoms in total. The molecule has 2 aromatic rings. The molecule has 3 aliphatic rings. The number of aliphatic hydroxyl groups is 1. The Morgan fingerprint density at radius 2 is 1.76 bits per heavy atom. The van der Waals surface area contributed by atoms with E-state index in [9.17, 15) is 32.7 Å². The monoisotopic (exact) mass is 590 g/mol. The van der Waals surface area contributed by atoms with Gasteiger partial charge in [-0.3, -0.25) is 29.6 Å². The molecule has 2 N–H and O–H groups in total. The van der Waals surface area contributed by atoms with E-state index in [1.807, 2.05) is 4.90 Å². The predicted molar refractivity (Wildman–Crippen MR) is 142 cm³/mol. The summed E-state index contributed by atoms with van der Waals surface area (Å²) in [6.45, 7) is 1.32. The number of nitrogens with zero attached hydrogens (tertiary/aromatic N) is 3. The second-order valence-corrected chi connectivity index (χ2v) is 11.3. The fourth-order valence-electron chi connectivity index (χ4n) is 6.41. The lowest BCUT2D eigenvalue weighted by atomic mass is 9.66. The third kappa shape index (κ3) is 5.41. The number of carbonyl (C=O) groups is 3. The Morgan fingerprint density at radius 1 is 1.07 bits per heavy atom. The molecular weight excluding hydrogens is 557 g/mol. The smallest absolute Gasteiger partial charge is 0.384 e. The highest BCUT2D eigenvalue weighted by Gasteiger charge is 2.56. The Labute approximate surface area is 240 Å². The predicted octanol–water partition coefficient (Wildman–Crippen LogP) is 2.23. The summed E-state index contributed by atoms with van der Waals surface area (Å²) in [5.41, 5.74) is -1.47. The average molecular weight is 591 g/mol. The van der Waals surface area contributed by atoms with Gasteiger partial charge >= 0.3 is 6.18 Å². The van der Waals surface area contributed by atoms with Crippen LogP contribution in [0.5, 0.6) is 0 Å². The van der Waals surface area contributed by atoms with Crippen molar-refractivity contribution in [2.45, 2.75) is 50.2 Å². The van der Waals surface area contributed by atoms with Crippen LogP contribution in [-0.2, 0) is 43.9 Å². The molecule has 2 unspecified atom stereocenters. The fraction of sp³-hybridized carbons (Fsp3) is 0.517. The van der Waals surface area contributed by atoms with Gasteiger partial charge in [-0.05, 0) is 42.7 Å². The zero-order valence-electron chi connectivity index (χ0n) is 23.4. The third-order valence-electron chi connectivity index (χ3n) is 8.52. The summed E-state index contributed by atoms with van der Waals surface area (Å²) in [7, 11) is 3.03. The number of rotatable bonds is 8. The Balaban J connectivity index is 1.40. The quantitative estimate of drug-likeness (QED) is 0.450. The minimum atomic E-state index is -4.42. The molecule has 5 rings (SSSR count). The highest BCUT2D eigenvalue weighted by Crippen LogP contribution is 2.47. The SMILES string of the molecule is COCC1(COC)CN(Cc2ccc(C(F)(F)F)cc2)CCC1(O)c1ccc2c(n1)CN(C1CCC(=O)NC1=O)C2=O. The zero-order valence-corrected chi connectivity index (χ0v) is 23.4. The van der Waals surface area contributed by atoms with E-state index in [-0.39, 0.29) is 50.8 Å². The number of alkyl halides is 3. The summed E-state index contributed by atoms with van der Waals surface area (Å²) in [6.07, 6.45) is -3.84. The number of benzene rings is 1. The van der Waals surface area contributed by atoms with E-state index in [1.54, 1.807) is 12.1 Å². The molecule has 2 atom stereocenters. The van der Waals surface area contributed by atoms with Crippen LogP contribution < -0.4 is 5.32 Å². The lowest BCUT2D eigenvalue weighted by Gasteiger charge is -2.52. The number of nitrogens with one attached hydrogen (secondary N) is 1. The second-order valence-electron chi connectivity index (χ2n) is 11.3. The maximum Gasteiger partial charge on any atom is 0.416 e. The number of hydrogen-bond acceptors (Lipinski definition) is 8.